The van der Waals surface area contributed by atoms with Crippen molar-refractivity contribution < 1.29 is 29.6 Å². The van der Waals surface area contributed by atoms with Crippen LogP contribution in [0.25, 0.3) is 22.0 Å². The van der Waals surface area contributed by atoms with Gasteiger partial charge in [-0.25, -0.2) is 0 Å². The molecule has 2 fully saturated rings. The van der Waals surface area contributed by atoms with Crippen molar-refractivity contribution in [2.75, 3.05) is 26.2 Å². The number of aromatic nitrogens is 3. The fourth-order valence-electron chi connectivity index (χ4n) is 7.17. The van der Waals surface area contributed by atoms with Crippen LogP contribution in [0.2, 0.25) is 5.02 Å². The van der Waals surface area contributed by atoms with Gasteiger partial charge < -0.3 is 29.7 Å². The molecular weight excluding hydrogens is 708 g/mol. The second kappa shape index (κ2) is 17.0. The van der Waals surface area contributed by atoms with Crippen LogP contribution in [0.4, 0.5) is 0 Å². The highest BCUT2D eigenvalue weighted by Crippen LogP contribution is 2.47. The number of likely N-dealkylation sites (tertiary alicyclic amines) is 1. The number of aryl methyl sites for hydroxylation is 1. The lowest BCUT2D eigenvalue weighted by atomic mass is 9.91. The summed E-state index contributed by atoms with van der Waals surface area (Å²) in [4.78, 5) is 18.0. The molecular formula is C41H43ClN6O6. The van der Waals surface area contributed by atoms with Gasteiger partial charge in [0, 0.05) is 67.7 Å². The molecule has 1 saturated carbocycles. The van der Waals surface area contributed by atoms with E-state index in [2.05, 4.69) is 62.3 Å². The van der Waals surface area contributed by atoms with E-state index in [1.165, 1.54) is 11.8 Å². The van der Waals surface area contributed by atoms with Crippen molar-refractivity contribution >= 4 is 28.5 Å². The summed E-state index contributed by atoms with van der Waals surface area (Å²) in [6, 6.07) is 18.7. The van der Waals surface area contributed by atoms with Crippen LogP contribution in [0, 0.1) is 11.3 Å². The number of halogens is 1. The number of carboxylic acid groups (broad SMARTS) is 1. The Morgan fingerprint density at radius 1 is 1.00 bits per heavy atom. The van der Waals surface area contributed by atoms with Gasteiger partial charge >= 0.3 is 5.97 Å². The van der Waals surface area contributed by atoms with Gasteiger partial charge in [0.2, 0.25) is 0 Å². The molecule has 12 nitrogen and oxygen atoms in total. The Bertz CT molecular complexity index is 2160. The largest absolute Gasteiger partial charge is 0.488 e. The SMILES string of the molecule is N#Cc1cncc(COc2cc(OCc3cccc(-c4cccc5c4cnn5CCCN4CCC(O)C4)c3C3CC3)c(Cl)cc2CN[C@@H](CO)C(=O)O)c1. The van der Waals surface area contributed by atoms with Crippen molar-refractivity contribution in [3.05, 3.63) is 106 Å². The van der Waals surface area contributed by atoms with Crippen LogP contribution >= 0.6 is 11.6 Å². The molecule has 0 spiro atoms. The minimum atomic E-state index is -1.18. The molecule has 0 bridgehead atoms. The van der Waals surface area contributed by atoms with Crippen LogP contribution < -0.4 is 14.8 Å². The van der Waals surface area contributed by atoms with E-state index in [-0.39, 0.29) is 25.9 Å². The average Bonchev–Trinajstić information content (AvgIpc) is 3.81. The van der Waals surface area contributed by atoms with Gasteiger partial charge in [-0.15, -0.1) is 0 Å². The summed E-state index contributed by atoms with van der Waals surface area (Å²) in [5.41, 5.74) is 7.36. The molecule has 13 heteroatoms. The molecule has 7 rings (SSSR count). The summed E-state index contributed by atoms with van der Waals surface area (Å²) in [7, 11) is 0. The number of carbonyl (C=O) groups is 1. The zero-order chi connectivity index (χ0) is 37.6. The molecule has 3 aromatic carbocycles. The van der Waals surface area contributed by atoms with E-state index in [9.17, 15) is 25.4 Å². The number of aliphatic hydroxyl groups excluding tert-OH is 2. The first-order valence-electron chi connectivity index (χ1n) is 18.3. The Kier molecular flexibility index (Phi) is 11.7. The minimum absolute atomic E-state index is 0.0575. The molecule has 5 aromatic rings. The van der Waals surface area contributed by atoms with Gasteiger partial charge in [0.15, 0.2) is 0 Å². The molecule has 2 aliphatic rings. The van der Waals surface area contributed by atoms with Crippen molar-refractivity contribution in [2.45, 2.75) is 70.1 Å². The Hall–Kier alpha value is -5.03. The maximum atomic E-state index is 11.6. The molecule has 54 heavy (non-hydrogen) atoms. The van der Waals surface area contributed by atoms with Crippen molar-refractivity contribution in [2.24, 2.45) is 0 Å². The maximum absolute atomic E-state index is 11.6. The van der Waals surface area contributed by atoms with E-state index in [1.54, 1.807) is 24.4 Å². The lowest BCUT2D eigenvalue weighted by Crippen LogP contribution is -2.39. The molecule has 3 heterocycles. The number of β-amino-alcohol motifs (C(OH)–C–C–N with tert-alkyl or cyclic N) is 1. The van der Waals surface area contributed by atoms with Crippen LogP contribution in [0.5, 0.6) is 11.5 Å². The first-order chi connectivity index (χ1) is 26.3. The second-order valence-corrected chi connectivity index (χ2v) is 14.4. The number of aliphatic hydroxyl groups is 2. The highest BCUT2D eigenvalue weighted by atomic mass is 35.5. The summed E-state index contributed by atoms with van der Waals surface area (Å²) in [6.45, 7) is 3.25. The smallest absolute Gasteiger partial charge is 0.323 e. The number of hydrogen-bond acceptors (Lipinski definition) is 10. The fraction of sp³-hybridized carbons (Fsp3) is 0.366. The lowest BCUT2D eigenvalue weighted by molar-refractivity contribution is -0.140. The van der Waals surface area contributed by atoms with Crippen molar-refractivity contribution in [1.82, 2.24) is 25.0 Å². The van der Waals surface area contributed by atoms with Crippen molar-refractivity contribution in [3.8, 4) is 28.7 Å². The molecule has 2 aromatic heterocycles. The maximum Gasteiger partial charge on any atom is 0.323 e. The van der Waals surface area contributed by atoms with Crippen LogP contribution in [0.1, 0.15) is 59.4 Å². The monoisotopic (exact) mass is 750 g/mol. The first-order valence-corrected chi connectivity index (χ1v) is 18.6. The zero-order valence-electron chi connectivity index (χ0n) is 29.8. The predicted molar refractivity (Wildman–Crippen MR) is 203 cm³/mol. The zero-order valence-corrected chi connectivity index (χ0v) is 30.6. The summed E-state index contributed by atoms with van der Waals surface area (Å²) in [5, 5.41) is 47.2. The molecule has 1 aliphatic heterocycles. The third-order valence-electron chi connectivity index (χ3n) is 10.1. The number of fused-ring (bicyclic) bond motifs is 1. The molecule has 4 N–H and O–H groups in total. The predicted octanol–water partition coefficient (Wildman–Crippen LogP) is 5.65. The van der Waals surface area contributed by atoms with Gasteiger partial charge in [-0.3, -0.25) is 19.8 Å². The van der Waals surface area contributed by atoms with E-state index in [1.807, 2.05) is 6.20 Å². The van der Waals surface area contributed by atoms with Gasteiger partial charge in [0.25, 0.3) is 0 Å². The number of nitriles is 1. The fourth-order valence-corrected chi connectivity index (χ4v) is 7.41. The van der Waals surface area contributed by atoms with Crippen molar-refractivity contribution in [1.29, 1.82) is 5.26 Å². The number of ether oxygens (including phenoxy) is 2. The van der Waals surface area contributed by atoms with E-state index >= 15 is 0 Å². The van der Waals surface area contributed by atoms with Gasteiger partial charge in [-0.1, -0.05) is 41.9 Å². The highest BCUT2D eigenvalue weighted by molar-refractivity contribution is 6.32. The topological polar surface area (TPSA) is 166 Å². The Labute approximate surface area is 318 Å². The number of aliphatic carboxylic acids is 1. The third-order valence-corrected chi connectivity index (χ3v) is 10.4. The Morgan fingerprint density at radius 2 is 1.81 bits per heavy atom. The Morgan fingerprint density at radius 3 is 2.57 bits per heavy atom. The van der Waals surface area contributed by atoms with Gasteiger partial charge in [0.05, 0.1) is 35.0 Å². The summed E-state index contributed by atoms with van der Waals surface area (Å²) >= 11 is 6.78. The third kappa shape index (κ3) is 8.67. The van der Waals surface area contributed by atoms with Crippen LogP contribution in [0.15, 0.2) is 73.2 Å². The summed E-state index contributed by atoms with van der Waals surface area (Å²) < 4.78 is 14.7. The number of nitrogens with zero attached hydrogens (tertiary/aromatic N) is 5. The van der Waals surface area contributed by atoms with E-state index in [0.29, 0.717) is 39.1 Å². The number of carboxylic acids is 1. The summed E-state index contributed by atoms with van der Waals surface area (Å²) in [5.74, 6) is 0.0361. The molecule has 2 atom stereocenters. The van der Waals surface area contributed by atoms with Crippen LogP contribution in [-0.4, -0.2) is 79.3 Å². The standard InChI is InChI=1S/C41H43ClN6O6/c42-35-15-30(20-45-36(23-49)41(51)52)38(53-24-27-14-26(17-43)18-44-19-27)16-39(35)54-25-29-4-1-6-33(40(29)28-8-9-28)32-5-2-7-37-34(32)21-46-48(37)12-3-11-47-13-10-31(50)22-47/h1-2,4-7,14-16,18-19,21,28,31,36,45,49-50H,3,8-13,20,22-25H2,(H,51,52)/t31?,36-/m0/s1. The van der Waals surface area contributed by atoms with Gasteiger partial charge in [0.1, 0.15) is 36.8 Å². The van der Waals surface area contributed by atoms with E-state index in [4.69, 9.17) is 26.2 Å². The first kappa shape index (κ1) is 37.3. The summed E-state index contributed by atoms with van der Waals surface area (Å²) in [6.07, 6.45) is 8.82. The molecule has 280 valence electrons. The van der Waals surface area contributed by atoms with Gasteiger partial charge in [-0.2, -0.15) is 10.4 Å². The Balaban J connectivity index is 1.12. The molecule has 1 saturated heterocycles. The number of pyridine rings is 1. The average molecular weight is 751 g/mol. The van der Waals surface area contributed by atoms with E-state index in [0.717, 1.165) is 79.5 Å². The van der Waals surface area contributed by atoms with Crippen molar-refractivity contribution in [3.63, 3.8) is 0 Å². The quantitative estimate of drug-likeness (QED) is 0.0928. The molecule has 0 amide bonds. The van der Waals surface area contributed by atoms with Crippen LogP contribution in [0.3, 0.4) is 0 Å². The molecule has 1 aliphatic carbocycles. The number of nitrogens with one attached hydrogen (secondary N) is 1. The molecule has 0 radical (unpaired) electrons. The number of benzene rings is 3. The highest BCUT2D eigenvalue weighted by Gasteiger charge is 2.30. The molecule has 1 unspecified atom stereocenters. The normalized spacial score (nSPS) is 16.4. The number of rotatable bonds is 17. The number of hydrogen-bond donors (Lipinski definition) is 4. The minimum Gasteiger partial charge on any atom is -0.488 e. The second-order valence-electron chi connectivity index (χ2n) is 14.0. The van der Waals surface area contributed by atoms with E-state index < -0.39 is 18.6 Å². The van der Waals surface area contributed by atoms with Crippen LogP contribution in [-0.2, 0) is 31.1 Å². The van der Waals surface area contributed by atoms with Gasteiger partial charge in [-0.05, 0) is 72.1 Å². The lowest BCUT2D eigenvalue weighted by Gasteiger charge is -2.19.